The molecular formula is C17H16O. The van der Waals surface area contributed by atoms with Crippen molar-refractivity contribution in [3.63, 3.8) is 0 Å². The summed E-state index contributed by atoms with van der Waals surface area (Å²) in [4.78, 5) is 11.9. The Bertz CT molecular complexity index is 581. The van der Waals surface area contributed by atoms with Gasteiger partial charge >= 0.3 is 0 Å². The minimum absolute atomic E-state index is 0.286. The SMILES string of the molecule is Cc1ccc(C2CCC(=O)c3ccccc32)cc1. The number of Topliss-reactive ketones (excluding diaryl/α,β-unsaturated/α-hetero) is 1. The molecule has 1 aliphatic rings. The van der Waals surface area contributed by atoms with Gasteiger partial charge in [-0.25, -0.2) is 0 Å². The zero-order valence-electron chi connectivity index (χ0n) is 10.5. The molecule has 0 saturated heterocycles. The molecule has 1 heteroatoms. The van der Waals surface area contributed by atoms with E-state index in [1.54, 1.807) is 0 Å². The molecule has 0 N–H and O–H groups in total. The maximum Gasteiger partial charge on any atom is 0.163 e. The number of carbonyl (C=O) groups is 1. The number of carbonyl (C=O) groups excluding carboxylic acids is 1. The highest BCUT2D eigenvalue weighted by Gasteiger charge is 2.25. The molecule has 0 heterocycles. The van der Waals surface area contributed by atoms with Gasteiger partial charge in [0.05, 0.1) is 0 Å². The van der Waals surface area contributed by atoms with E-state index in [-0.39, 0.29) is 5.78 Å². The Morgan fingerprint density at radius 3 is 2.50 bits per heavy atom. The maximum atomic E-state index is 11.9. The van der Waals surface area contributed by atoms with Gasteiger partial charge in [-0.3, -0.25) is 4.79 Å². The zero-order chi connectivity index (χ0) is 12.5. The van der Waals surface area contributed by atoms with Crippen molar-refractivity contribution in [1.82, 2.24) is 0 Å². The van der Waals surface area contributed by atoms with Gasteiger partial charge in [-0.2, -0.15) is 0 Å². The Morgan fingerprint density at radius 1 is 1.00 bits per heavy atom. The molecule has 1 aliphatic carbocycles. The predicted molar refractivity (Wildman–Crippen MR) is 73.0 cm³/mol. The lowest BCUT2D eigenvalue weighted by atomic mass is 9.78. The third kappa shape index (κ3) is 1.86. The standard InChI is InChI=1S/C17H16O/c1-12-6-8-13(9-7-12)14-10-11-17(18)16-5-3-2-4-15(14)16/h2-9,14H,10-11H2,1H3. The topological polar surface area (TPSA) is 17.1 Å². The molecule has 0 saturated carbocycles. The second-order valence-electron chi connectivity index (χ2n) is 5.01. The summed E-state index contributed by atoms with van der Waals surface area (Å²) in [5.74, 6) is 0.661. The Morgan fingerprint density at radius 2 is 1.72 bits per heavy atom. The van der Waals surface area contributed by atoms with Gasteiger partial charge in [0, 0.05) is 17.9 Å². The van der Waals surface area contributed by atoms with Crippen LogP contribution in [0.1, 0.15) is 45.8 Å². The fourth-order valence-corrected chi connectivity index (χ4v) is 2.77. The van der Waals surface area contributed by atoms with E-state index in [0.717, 1.165) is 12.0 Å². The van der Waals surface area contributed by atoms with Crippen LogP contribution in [0.2, 0.25) is 0 Å². The van der Waals surface area contributed by atoms with Crippen LogP contribution in [0.4, 0.5) is 0 Å². The fraction of sp³-hybridized carbons (Fsp3) is 0.235. The smallest absolute Gasteiger partial charge is 0.163 e. The molecule has 90 valence electrons. The number of hydrogen-bond acceptors (Lipinski definition) is 1. The molecule has 0 radical (unpaired) electrons. The first kappa shape index (κ1) is 11.2. The van der Waals surface area contributed by atoms with Crippen LogP contribution in [0.5, 0.6) is 0 Å². The number of fused-ring (bicyclic) bond motifs is 1. The summed E-state index contributed by atoms with van der Waals surface area (Å²) in [7, 11) is 0. The molecule has 0 aliphatic heterocycles. The van der Waals surface area contributed by atoms with Crippen molar-refractivity contribution < 1.29 is 4.79 Å². The molecule has 1 nitrogen and oxygen atoms in total. The van der Waals surface area contributed by atoms with Crippen molar-refractivity contribution in [3.05, 3.63) is 70.8 Å². The summed E-state index contributed by atoms with van der Waals surface area (Å²) >= 11 is 0. The first-order chi connectivity index (χ1) is 8.75. The highest BCUT2D eigenvalue weighted by molar-refractivity contribution is 5.99. The van der Waals surface area contributed by atoms with Crippen molar-refractivity contribution in [2.45, 2.75) is 25.7 Å². The predicted octanol–water partition coefficient (Wildman–Crippen LogP) is 4.10. The molecule has 0 amide bonds. The van der Waals surface area contributed by atoms with Crippen molar-refractivity contribution in [2.75, 3.05) is 0 Å². The van der Waals surface area contributed by atoms with Crippen molar-refractivity contribution >= 4 is 5.78 Å². The fourth-order valence-electron chi connectivity index (χ4n) is 2.77. The summed E-state index contributed by atoms with van der Waals surface area (Å²) < 4.78 is 0. The molecular weight excluding hydrogens is 220 g/mol. The summed E-state index contributed by atoms with van der Waals surface area (Å²) in [5, 5.41) is 0. The number of ketones is 1. The van der Waals surface area contributed by atoms with Crippen LogP contribution in [-0.4, -0.2) is 5.78 Å². The Balaban J connectivity index is 2.07. The lowest BCUT2D eigenvalue weighted by Gasteiger charge is -2.25. The highest BCUT2D eigenvalue weighted by Crippen LogP contribution is 2.36. The Labute approximate surface area is 107 Å². The van der Waals surface area contributed by atoms with Gasteiger partial charge in [0.2, 0.25) is 0 Å². The van der Waals surface area contributed by atoms with Crippen molar-refractivity contribution in [2.24, 2.45) is 0 Å². The van der Waals surface area contributed by atoms with Crippen LogP contribution in [0.15, 0.2) is 48.5 Å². The molecule has 18 heavy (non-hydrogen) atoms. The quantitative estimate of drug-likeness (QED) is 0.728. The molecule has 1 atom stereocenters. The molecule has 0 aromatic heterocycles. The van der Waals surface area contributed by atoms with E-state index in [1.165, 1.54) is 16.7 Å². The van der Waals surface area contributed by atoms with Crippen molar-refractivity contribution in [1.29, 1.82) is 0 Å². The average Bonchev–Trinajstić information content (AvgIpc) is 2.41. The van der Waals surface area contributed by atoms with Crippen LogP contribution >= 0.6 is 0 Å². The van der Waals surface area contributed by atoms with E-state index in [1.807, 2.05) is 18.2 Å². The number of aryl methyl sites for hydroxylation is 1. The van der Waals surface area contributed by atoms with Crippen LogP contribution in [0.25, 0.3) is 0 Å². The van der Waals surface area contributed by atoms with Gasteiger partial charge in [0.1, 0.15) is 0 Å². The average molecular weight is 236 g/mol. The number of rotatable bonds is 1. The molecule has 0 fully saturated rings. The van der Waals surface area contributed by atoms with E-state index < -0.39 is 0 Å². The second-order valence-corrected chi connectivity index (χ2v) is 5.01. The highest BCUT2D eigenvalue weighted by atomic mass is 16.1. The summed E-state index contributed by atoms with van der Waals surface area (Å²) in [6.45, 7) is 2.10. The molecule has 1 unspecified atom stereocenters. The minimum atomic E-state index is 0.286. The van der Waals surface area contributed by atoms with Crippen LogP contribution in [0, 0.1) is 6.92 Å². The lowest BCUT2D eigenvalue weighted by Crippen LogP contribution is -2.16. The van der Waals surface area contributed by atoms with E-state index in [2.05, 4.69) is 37.3 Å². The van der Waals surface area contributed by atoms with Crippen molar-refractivity contribution in [3.8, 4) is 0 Å². The Kier molecular flexibility index (Phi) is 2.75. The second kappa shape index (κ2) is 4.41. The zero-order valence-corrected chi connectivity index (χ0v) is 10.5. The van der Waals surface area contributed by atoms with Crippen LogP contribution < -0.4 is 0 Å². The maximum absolute atomic E-state index is 11.9. The van der Waals surface area contributed by atoms with Gasteiger partial charge < -0.3 is 0 Å². The van der Waals surface area contributed by atoms with Crippen LogP contribution in [0.3, 0.4) is 0 Å². The normalized spacial score (nSPS) is 18.5. The molecule has 3 rings (SSSR count). The summed E-state index contributed by atoms with van der Waals surface area (Å²) in [6, 6.07) is 16.7. The Hall–Kier alpha value is -1.89. The van der Waals surface area contributed by atoms with Gasteiger partial charge in [-0.05, 0) is 24.5 Å². The summed E-state index contributed by atoms with van der Waals surface area (Å²) in [5.41, 5.74) is 4.70. The molecule has 0 spiro atoms. The first-order valence-electron chi connectivity index (χ1n) is 6.44. The summed E-state index contributed by atoms with van der Waals surface area (Å²) in [6.07, 6.45) is 1.59. The van der Waals surface area contributed by atoms with E-state index in [9.17, 15) is 4.79 Å². The molecule has 2 aromatic rings. The van der Waals surface area contributed by atoms with Crippen LogP contribution in [-0.2, 0) is 0 Å². The third-order valence-electron chi connectivity index (χ3n) is 3.78. The van der Waals surface area contributed by atoms with E-state index in [4.69, 9.17) is 0 Å². The van der Waals surface area contributed by atoms with E-state index >= 15 is 0 Å². The lowest BCUT2D eigenvalue weighted by molar-refractivity contribution is 0.0969. The van der Waals surface area contributed by atoms with Gasteiger partial charge in [0.15, 0.2) is 5.78 Å². The van der Waals surface area contributed by atoms with Gasteiger partial charge in [0.25, 0.3) is 0 Å². The van der Waals surface area contributed by atoms with Gasteiger partial charge in [-0.1, -0.05) is 54.1 Å². The first-order valence-corrected chi connectivity index (χ1v) is 6.44. The van der Waals surface area contributed by atoms with E-state index in [0.29, 0.717) is 12.3 Å². The van der Waals surface area contributed by atoms with Gasteiger partial charge in [-0.15, -0.1) is 0 Å². The largest absolute Gasteiger partial charge is 0.294 e. The third-order valence-corrected chi connectivity index (χ3v) is 3.78. The number of hydrogen-bond donors (Lipinski definition) is 0. The minimum Gasteiger partial charge on any atom is -0.294 e. The molecule has 0 bridgehead atoms. The monoisotopic (exact) mass is 236 g/mol. The molecule has 2 aromatic carbocycles. The number of benzene rings is 2.